The van der Waals surface area contributed by atoms with E-state index < -0.39 is 0 Å². The fraction of sp³-hybridized carbons (Fsp3) is 0.562. The Balaban J connectivity index is 2.94. The molecule has 4 heteroatoms. The molecule has 0 N–H and O–H groups in total. The average Bonchev–Trinajstić information content (AvgIpc) is 2.42. The molecule has 0 saturated carbocycles. The highest BCUT2D eigenvalue weighted by atomic mass is 79.9. The fourth-order valence-electron chi connectivity index (χ4n) is 2.12. The van der Waals surface area contributed by atoms with Crippen molar-refractivity contribution in [2.75, 3.05) is 13.7 Å². The zero-order chi connectivity index (χ0) is 15.1. The van der Waals surface area contributed by atoms with Gasteiger partial charge in [0.05, 0.1) is 12.7 Å². The third-order valence-electron chi connectivity index (χ3n) is 3.28. The van der Waals surface area contributed by atoms with Gasteiger partial charge in [0.2, 0.25) is 0 Å². The van der Waals surface area contributed by atoms with Gasteiger partial charge in [-0.2, -0.15) is 0 Å². The number of halogens is 1. The van der Waals surface area contributed by atoms with Crippen molar-refractivity contribution >= 4 is 21.8 Å². The van der Waals surface area contributed by atoms with Crippen molar-refractivity contribution in [3.63, 3.8) is 0 Å². The summed E-state index contributed by atoms with van der Waals surface area (Å²) in [6, 6.07) is 5.71. The summed E-state index contributed by atoms with van der Waals surface area (Å²) in [5, 5.41) is 0. The highest BCUT2D eigenvalue weighted by molar-refractivity contribution is 9.10. The number of hydrogen-bond donors (Lipinski definition) is 0. The van der Waals surface area contributed by atoms with Crippen LogP contribution in [0.2, 0.25) is 0 Å². The van der Waals surface area contributed by atoms with Gasteiger partial charge in [0.15, 0.2) is 0 Å². The number of rotatable bonds is 7. The maximum Gasteiger partial charge on any atom is 0.257 e. The van der Waals surface area contributed by atoms with E-state index in [4.69, 9.17) is 4.74 Å². The van der Waals surface area contributed by atoms with Crippen LogP contribution in [0.15, 0.2) is 22.7 Å². The van der Waals surface area contributed by atoms with E-state index in [1.54, 1.807) is 7.11 Å². The normalized spacial score (nSPS) is 10.7. The zero-order valence-corrected chi connectivity index (χ0v) is 14.4. The second kappa shape index (κ2) is 8.30. The van der Waals surface area contributed by atoms with E-state index in [0.29, 0.717) is 11.3 Å². The van der Waals surface area contributed by atoms with Crippen LogP contribution in [-0.4, -0.2) is 30.5 Å². The van der Waals surface area contributed by atoms with E-state index in [1.165, 1.54) is 0 Å². The van der Waals surface area contributed by atoms with Gasteiger partial charge in [-0.1, -0.05) is 35.7 Å². The van der Waals surface area contributed by atoms with E-state index in [9.17, 15) is 4.79 Å². The number of amides is 1. The van der Waals surface area contributed by atoms with Gasteiger partial charge in [0.25, 0.3) is 5.91 Å². The van der Waals surface area contributed by atoms with Gasteiger partial charge in [-0.05, 0) is 38.5 Å². The molecule has 0 aromatic heterocycles. The van der Waals surface area contributed by atoms with E-state index in [2.05, 4.69) is 36.7 Å². The highest BCUT2D eigenvalue weighted by Gasteiger charge is 2.21. The Labute approximate surface area is 130 Å². The second-order valence-corrected chi connectivity index (χ2v) is 6.06. The highest BCUT2D eigenvalue weighted by Crippen LogP contribution is 2.25. The summed E-state index contributed by atoms with van der Waals surface area (Å²) in [6.45, 7) is 7.06. The number of ether oxygens (including phenoxy) is 1. The Bertz CT molecular complexity index is 446. The lowest BCUT2D eigenvalue weighted by Crippen LogP contribution is -2.37. The van der Waals surface area contributed by atoms with Gasteiger partial charge in [-0.25, -0.2) is 0 Å². The minimum atomic E-state index is 0.0421. The molecule has 20 heavy (non-hydrogen) atoms. The molecule has 0 radical (unpaired) electrons. The van der Waals surface area contributed by atoms with Crippen molar-refractivity contribution in [1.29, 1.82) is 0 Å². The molecule has 1 rings (SSSR count). The van der Waals surface area contributed by atoms with E-state index in [1.807, 2.05) is 23.1 Å². The Hall–Kier alpha value is -1.03. The van der Waals surface area contributed by atoms with Crippen LogP contribution in [0.4, 0.5) is 0 Å². The van der Waals surface area contributed by atoms with Crippen LogP contribution in [0.25, 0.3) is 0 Å². The predicted molar refractivity (Wildman–Crippen MR) is 86.4 cm³/mol. The molecule has 1 amide bonds. The standard InChI is InChI=1S/C16H24BrNO2/c1-5-6-7-10-18(12(2)3)16(19)14-9-8-13(17)11-15(14)20-4/h8-9,11-12H,5-7,10H2,1-4H3. The van der Waals surface area contributed by atoms with Gasteiger partial charge >= 0.3 is 0 Å². The molecule has 0 fully saturated rings. The topological polar surface area (TPSA) is 29.5 Å². The summed E-state index contributed by atoms with van der Waals surface area (Å²) in [5.74, 6) is 0.658. The molecular weight excluding hydrogens is 318 g/mol. The SMILES string of the molecule is CCCCCN(C(=O)c1ccc(Br)cc1OC)C(C)C. The Kier molecular flexibility index (Phi) is 7.06. The summed E-state index contributed by atoms with van der Waals surface area (Å²) in [7, 11) is 1.59. The summed E-state index contributed by atoms with van der Waals surface area (Å²) < 4.78 is 6.24. The van der Waals surface area contributed by atoms with Crippen molar-refractivity contribution in [2.45, 2.75) is 46.1 Å². The Morgan fingerprint density at radius 1 is 1.35 bits per heavy atom. The summed E-state index contributed by atoms with van der Waals surface area (Å²) >= 11 is 3.40. The molecule has 0 aliphatic rings. The lowest BCUT2D eigenvalue weighted by molar-refractivity contribution is 0.0699. The second-order valence-electron chi connectivity index (χ2n) is 5.14. The maximum absolute atomic E-state index is 12.7. The van der Waals surface area contributed by atoms with Crippen molar-refractivity contribution in [1.82, 2.24) is 4.90 Å². The van der Waals surface area contributed by atoms with Crippen LogP contribution >= 0.6 is 15.9 Å². The minimum Gasteiger partial charge on any atom is -0.496 e. The lowest BCUT2D eigenvalue weighted by Gasteiger charge is -2.27. The van der Waals surface area contributed by atoms with Crippen molar-refractivity contribution < 1.29 is 9.53 Å². The molecule has 0 unspecified atom stereocenters. The molecule has 1 aromatic rings. The van der Waals surface area contributed by atoms with Crippen LogP contribution in [0, 0.1) is 0 Å². The molecule has 3 nitrogen and oxygen atoms in total. The molecule has 0 heterocycles. The first kappa shape index (κ1) is 17.0. The van der Waals surface area contributed by atoms with Gasteiger partial charge < -0.3 is 9.64 Å². The van der Waals surface area contributed by atoms with Crippen molar-refractivity contribution in [3.8, 4) is 5.75 Å². The molecule has 0 aliphatic carbocycles. The number of methoxy groups -OCH3 is 1. The molecule has 0 bridgehead atoms. The average molecular weight is 342 g/mol. The first-order valence-electron chi connectivity index (χ1n) is 7.15. The fourth-order valence-corrected chi connectivity index (χ4v) is 2.46. The lowest BCUT2D eigenvalue weighted by atomic mass is 10.1. The third-order valence-corrected chi connectivity index (χ3v) is 3.77. The van der Waals surface area contributed by atoms with Gasteiger partial charge in [0.1, 0.15) is 5.75 Å². The van der Waals surface area contributed by atoms with Crippen LogP contribution < -0.4 is 4.74 Å². The van der Waals surface area contributed by atoms with Gasteiger partial charge in [0, 0.05) is 17.1 Å². The molecule has 112 valence electrons. The van der Waals surface area contributed by atoms with E-state index in [0.717, 1.165) is 30.3 Å². The third kappa shape index (κ3) is 4.51. The van der Waals surface area contributed by atoms with Crippen molar-refractivity contribution in [2.24, 2.45) is 0 Å². The number of carbonyl (C=O) groups excluding carboxylic acids is 1. The van der Waals surface area contributed by atoms with Gasteiger partial charge in [-0.3, -0.25) is 4.79 Å². The number of benzene rings is 1. The minimum absolute atomic E-state index is 0.0421. The quantitative estimate of drug-likeness (QED) is 0.683. The Morgan fingerprint density at radius 3 is 2.60 bits per heavy atom. The molecule has 0 atom stereocenters. The molecule has 1 aromatic carbocycles. The van der Waals surface area contributed by atoms with Crippen LogP contribution in [0.5, 0.6) is 5.75 Å². The number of hydrogen-bond acceptors (Lipinski definition) is 2. The molecular formula is C16H24BrNO2. The monoisotopic (exact) mass is 341 g/mol. The van der Waals surface area contributed by atoms with E-state index in [-0.39, 0.29) is 11.9 Å². The first-order valence-corrected chi connectivity index (χ1v) is 7.95. The first-order chi connectivity index (χ1) is 9.51. The molecule has 0 saturated heterocycles. The van der Waals surface area contributed by atoms with Crippen molar-refractivity contribution in [3.05, 3.63) is 28.2 Å². The summed E-state index contributed by atoms with van der Waals surface area (Å²) in [5.41, 5.74) is 0.626. The van der Waals surface area contributed by atoms with Crippen LogP contribution in [0.3, 0.4) is 0 Å². The molecule has 0 aliphatic heterocycles. The Morgan fingerprint density at radius 2 is 2.05 bits per heavy atom. The number of nitrogens with zero attached hydrogens (tertiary/aromatic N) is 1. The van der Waals surface area contributed by atoms with E-state index >= 15 is 0 Å². The smallest absolute Gasteiger partial charge is 0.257 e. The molecule has 0 spiro atoms. The summed E-state index contributed by atoms with van der Waals surface area (Å²) in [4.78, 5) is 14.6. The predicted octanol–water partition coefficient (Wildman–Crippen LogP) is 4.50. The van der Waals surface area contributed by atoms with Crippen LogP contribution in [-0.2, 0) is 0 Å². The van der Waals surface area contributed by atoms with Gasteiger partial charge in [-0.15, -0.1) is 0 Å². The number of carbonyl (C=O) groups is 1. The zero-order valence-electron chi connectivity index (χ0n) is 12.8. The largest absolute Gasteiger partial charge is 0.496 e. The van der Waals surface area contributed by atoms with Crippen LogP contribution in [0.1, 0.15) is 50.4 Å². The maximum atomic E-state index is 12.7. The number of unbranched alkanes of at least 4 members (excludes halogenated alkanes) is 2. The summed E-state index contributed by atoms with van der Waals surface area (Å²) in [6.07, 6.45) is 3.34.